The van der Waals surface area contributed by atoms with E-state index >= 15 is 0 Å². The number of imidazole rings is 1. The summed E-state index contributed by atoms with van der Waals surface area (Å²) in [4.78, 5) is 39.7. The highest BCUT2D eigenvalue weighted by atomic mass is 16.5. The molecule has 0 atom stereocenters. The van der Waals surface area contributed by atoms with Crippen LogP contribution in [0.1, 0.15) is 11.1 Å². The van der Waals surface area contributed by atoms with Crippen LogP contribution in [-0.4, -0.2) is 29.5 Å². The van der Waals surface area contributed by atoms with E-state index in [1.54, 1.807) is 0 Å². The smallest absolute Gasteiger partial charge is 0.324 e. The number of nitrogen functional groups attached to an aromatic ring is 2. The summed E-state index contributed by atoms with van der Waals surface area (Å²) in [6.07, 6.45) is 2.75. The van der Waals surface area contributed by atoms with Crippen LogP contribution in [0.15, 0.2) is 87.4 Å². The lowest BCUT2D eigenvalue weighted by Gasteiger charge is -2.07. The van der Waals surface area contributed by atoms with Gasteiger partial charge in [0.05, 0.1) is 36.8 Å². The number of H-pyrrole nitrogens is 2. The van der Waals surface area contributed by atoms with Crippen LogP contribution in [0.25, 0.3) is 11.0 Å². The monoisotopic (exact) mass is 518 g/mol. The van der Waals surface area contributed by atoms with Gasteiger partial charge in [0.2, 0.25) is 0 Å². The topological polar surface area (TPSA) is 189 Å². The van der Waals surface area contributed by atoms with Crippen molar-refractivity contribution in [3.63, 3.8) is 0 Å². The maximum absolute atomic E-state index is 12.0. The number of hydrogen-bond acceptors (Lipinski definition) is 9. The van der Waals surface area contributed by atoms with E-state index in [9.17, 15) is 14.4 Å². The van der Waals surface area contributed by atoms with Crippen LogP contribution in [-0.2, 0) is 36.1 Å². The minimum Gasteiger partial charge on any atom is -0.396 e. The molecule has 0 saturated carbocycles. The first kappa shape index (κ1) is 26.1. The Balaban J connectivity index is 0.000000178. The molecule has 38 heavy (non-hydrogen) atoms. The van der Waals surface area contributed by atoms with E-state index in [2.05, 4.69) is 20.2 Å². The Morgan fingerprint density at radius 3 is 1.82 bits per heavy atom. The Kier molecular flexibility index (Phi) is 8.43. The van der Waals surface area contributed by atoms with Gasteiger partial charge in [-0.25, -0.2) is 14.2 Å². The minimum atomic E-state index is -0.442. The number of benzene rings is 2. The summed E-state index contributed by atoms with van der Waals surface area (Å²) in [5.74, 6) is 0. The highest BCUT2D eigenvalue weighted by Crippen LogP contribution is 2.05. The van der Waals surface area contributed by atoms with Gasteiger partial charge in [0.25, 0.3) is 11.1 Å². The van der Waals surface area contributed by atoms with E-state index in [-0.39, 0.29) is 30.4 Å². The van der Waals surface area contributed by atoms with Gasteiger partial charge < -0.3 is 30.9 Å². The lowest BCUT2D eigenvalue weighted by Crippen LogP contribution is -2.27. The van der Waals surface area contributed by atoms with E-state index in [0.717, 1.165) is 20.5 Å². The van der Waals surface area contributed by atoms with Gasteiger partial charge in [0, 0.05) is 0 Å². The van der Waals surface area contributed by atoms with Gasteiger partial charge in [-0.15, -0.1) is 0 Å². The van der Waals surface area contributed by atoms with E-state index in [0.29, 0.717) is 18.7 Å². The summed E-state index contributed by atoms with van der Waals surface area (Å²) < 4.78 is 13.1. The zero-order valence-electron chi connectivity index (χ0n) is 20.2. The van der Waals surface area contributed by atoms with Crippen molar-refractivity contribution < 1.29 is 9.47 Å². The SMILES string of the molecule is Nc1cnn(COCc2ccccc2)c(=O)c1N.O=c1[nH]c2cnn(COCc3ccccc3)c(=O)c2[nH]1. The molecule has 0 aliphatic rings. The number of nitrogens with one attached hydrogen (secondary N) is 2. The molecule has 6 N–H and O–H groups in total. The van der Waals surface area contributed by atoms with Crippen molar-refractivity contribution in [2.75, 3.05) is 11.5 Å². The molecule has 13 nitrogen and oxygen atoms in total. The van der Waals surface area contributed by atoms with Crippen molar-refractivity contribution >= 4 is 22.4 Å². The number of nitrogens with zero attached hydrogens (tertiary/aromatic N) is 4. The van der Waals surface area contributed by atoms with Crippen molar-refractivity contribution in [3.05, 3.63) is 115 Å². The first-order valence-corrected chi connectivity index (χ1v) is 11.4. The summed E-state index contributed by atoms with van der Waals surface area (Å²) in [6.45, 7) is 0.852. The molecule has 0 radical (unpaired) electrons. The normalized spacial score (nSPS) is 10.7. The number of rotatable bonds is 8. The average Bonchev–Trinajstić information content (AvgIpc) is 3.33. The van der Waals surface area contributed by atoms with Crippen LogP contribution >= 0.6 is 0 Å². The van der Waals surface area contributed by atoms with Crippen molar-refractivity contribution in [2.24, 2.45) is 0 Å². The van der Waals surface area contributed by atoms with E-state index in [4.69, 9.17) is 20.9 Å². The Morgan fingerprint density at radius 2 is 1.24 bits per heavy atom. The predicted molar refractivity (Wildman–Crippen MR) is 141 cm³/mol. The van der Waals surface area contributed by atoms with Crippen molar-refractivity contribution in [1.29, 1.82) is 0 Å². The molecule has 196 valence electrons. The lowest BCUT2D eigenvalue weighted by atomic mass is 10.2. The maximum atomic E-state index is 12.0. The molecule has 5 aromatic rings. The first-order valence-electron chi connectivity index (χ1n) is 11.4. The molecule has 0 aliphatic heterocycles. The van der Waals surface area contributed by atoms with Crippen LogP contribution in [0, 0.1) is 0 Å². The van der Waals surface area contributed by atoms with Crippen LogP contribution in [0.3, 0.4) is 0 Å². The molecule has 0 bridgehead atoms. The Hall–Kier alpha value is -5.01. The fraction of sp³-hybridized carbons (Fsp3) is 0.160. The van der Waals surface area contributed by atoms with Crippen LogP contribution in [0.4, 0.5) is 11.4 Å². The van der Waals surface area contributed by atoms with Gasteiger partial charge in [-0.3, -0.25) is 9.59 Å². The van der Waals surface area contributed by atoms with Crippen LogP contribution < -0.4 is 28.3 Å². The highest BCUT2D eigenvalue weighted by molar-refractivity contribution is 5.71. The van der Waals surface area contributed by atoms with E-state index in [1.807, 2.05) is 60.7 Å². The van der Waals surface area contributed by atoms with Crippen molar-refractivity contribution in [3.8, 4) is 0 Å². The second-order valence-electron chi connectivity index (χ2n) is 8.06. The quantitative estimate of drug-likeness (QED) is 0.234. The Bertz CT molecular complexity index is 1660. The molecule has 0 spiro atoms. The zero-order valence-corrected chi connectivity index (χ0v) is 20.2. The fourth-order valence-electron chi connectivity index (χ4n) is 3.32. The summed E-state index contributed by atoms with van der Waals surface area (Å²) in [5, 5.41) is 7.78. The highest BCUT2D eigenvalue weighted by Gasteiger charge is 2.07. The minimum absolute atomic E-state index is 0.00619. The average molecular weight is 519 g/mol. The molecule has 0 unspecified atom stereocenters. The van der Waals surface area contributed by atoms with E-state index < -0.39 is 16.8 Å². The van der Waals surface area contributed by atoms with Crippen LogP contribution in [0.5, 0.6) is 0 Å². The van der Waals surface area contributed by atoms with Gasteiger partial charge in [-0.2, -0.15) is 10.2 Å². The fourth-order valence-corrected chi connectivity index (χ4v) is 3.32. The number of ether oxygens (including phenoxy) is 2. The summed E-state index contributed by atoms with van der Waals surface area (Å²) >= 11 is 0. The Labute approximate surface area is 215 Å². The third-order valence-electron chi connectivity index (χ3n) is 5.29. The summed E-state index contributed by atoms with van der Waals surface area (Å²) in [5.41, 5.74) is 12.5. The number of anilines is 2. The summed E-state index contributed by atoms with van der Waals surface area (Å²) in [7, 11) is 0. The first-order chi connectivity index (χ1) is 18.4. The standard InChI is InChI=1S/C13H12N4O3.C12H14N4O2/c18-12-11-10(15-13(19)16-11)6-14-17(12)8-20-7-9-4-2-1-3-5-9;13-10-6-15-16(12(17)11(10)14)8-18-7-9-4-2-1-3-5-9/h1-6H,7-8H2,(H2,15,16,19);1-6H,7-8,13-14H2. The largest absolute Gasteiger partial charge is 0.396 e. The molecule has 0 aliphatic carbocycles. The number of aromatic amines is 2. The number of hydrogen-bond donors (Lipinski definition) is 4. The number of fused-ring (bicyclic) bond motifs is 1. The molecule has 3 heterocycles. The molecular formula is C25H26N8O5. The third-order valence-corrected chi connectivity index (χ3v) is 5.29. The van der Waals surface area contributed by atoms with Gasteiger partial charge in [-0.05, 0) is 11.1 Å². The molecular weight excluding hydrogens is 492 g/mol. The molecule has 0 saturated heterocycles. The van der Waals surface area contributed by atoms with Gasteiger partial charge >= 0.3 is 5.69 Å². The zero-order chi connectivity index (χ0) is 26.9. The van der Waals surface area contributed by atoms with Gasteiger partial charge in [-0.1, -0.05) is 60.7 Å². The molecule has 5 rings (SSSR count). The second kappa shape index (κ2) is 12.3. The third kappa shape index (κ3) is 6.60. The van der Waals surface area contributed by atoms with E-state index in [1.165, 1.54) is 12.4 Å². The maximum Gasteiger partial charge on any atom is 0.324 e. The summed E-state index contributed by atoms with van der Waals surface area (Å²) in [6, 6.07) is 19.3. The molecule has 0 amide bonds. The molecule has 13 heteroatoms. The Morgan fingerprint density at radius 1 is 0.711 bits per heavy atom. The van der Waals surface area contributed by atoms with Crippen LogP contribution in [0.2, 0.25) is 0 Å². The lowest BCUT2D eigenvalue weighted by molar-refractivity contribution is 0.0530. The molecule has 0 fully saturated rings. The van der Waals surface area contributed by atoms with Gasteiger partial charge in [0.15, 0.2) is 0 Å². The molecule has 3 aromatic heterocycles. The van der Waals surface area contributed by atoms with Gasteiger partial charge in [0.1, 0.15) is 24.7 Å². The molecule has 2 aromatic carbocycles. The van der Waals surface area contributed by atoms with Crippen molar-refractivity contribution in [2.45, 2.75) is 26.7 Å². The predicted octanol–water partition coefficient (Wildman–Crippen LogP) is 1.17. The van der Waals surface area contributed by atoms with Crippen molar-refractivity contribution in [1.82, 2.24) is 29.5 Å². The number of aromatic nitrogens is 6. The number of nitrogens with two attached hydrogens (primary N) is 2. The second-order valence-corrected chi connectivity index (χ2v) is 8.06.